The zero-order valence-corrected chi connectivity index (χ0v) is 11.5. The third kappa shape index (κ3) is 1.76. The summed E-state index contributed by atoms with van der Waals surface area (Å²) < 4.78 is 5.98. The molecule has 4 nitrogen and oxygen atoms in total. The van der Waals surface area contributed by atoms with Gasteiger partial charge in [-0.25, -0.2) is 0 Å². The van der Waals surface area contributed by atoms with Crippen molar-refractivity contribution in [3.63, 3.8) is 0 Å². The molecule has 3 saturated heterocycles. The summed E-state index contributed by atoms with van der Waals surface area (Å²) >= 11 is 0. The van der Waals surface area contributed by atoms with Crippen LogP contribution in [-0.4, -0.2) is 42.6 Å². The summed E-state index contributed by atoms with van der Waals surface area (Å²) in [6.07, 6.45) is 6.68. The number of hydrogen-bond acceptors (Lipinski definition) is 3. The quantitative estimate of drug-likeness (QED) is 0.809. The Bertz CT molecular complexity index is 368. The molecule has 0 aromatic rings. The predicted octanol–water partition coefficient (Wildman–Crippen LogP) is 0.997. The lowest BCUT2D eigenvalue weighted by atomic mass is 9.82. The average molecular weight is 264 g/mol. The average Bonchev–Trinajstić information content (AvgIpc) is 3.16. The highest BCUT2D eigenvalue weighted by molar-refractivity contribution is 5.80. The SMILES string of the molecule is NC[C@H]1CCC[C@H]1C(=O)N1CC2C3CCC(O3)C2C1. The van der Waals surface area contributed by atoms with Crippen LogP contribution in [0.4, 0.5) is 0 Å². The van der Waals surface area contributed by atoms with E-state index in [0.717, 1.165) is 25.9 Å². The van der Waals surface area contributed by atoms with Crippen molar-refractivity contribution in [3.8, 4) is 0 Å². The largest absolute Gasteiger partial charge is 0.374 e. The van der Waals surface area contributed by atoms with E-state index in [-0.39, 0.29) is 5.92 Å². The maximum atomic E-state index is 12.7. The molecule has 4 unspecified atom stereocenters. The van der Waals surface area contributed by atoms with Crippen LogP contribution in [-0.2, 0) is 9.53 Å². The summed E-state index contributed by atoms with van der Waals surface area (Å²) in [6, 6.07) is 0. The minimum absolute atomic E-state index is 0.211. The molecule has 2 bridgehead atoms. The molecule has 0 spiro atoms. The van der Waals surface area contributed by atoms with E-state index in [1.54, 1.807) is 0 Å². The second-order valence-electron chi connectivity index (χ2n) is 6.89. The molecule has 4 heteroatoms. The maximum Gasteiger partial charge on any atom is 0.226 e. The van der Waals surface area contributed by atoms with Gasteiger partial charge in [0.25, 0.3) is 0 Å². The molecule has 3 heterocycles. The minimum Gasteiger partial charge on any atom is -0.374 e. The Morgan fingerprint density at radius 2 is 1.79 bits per heavy atom. The highest BCUT2D eigenvalue weighted by Gasteiger charge is 2.54. The van der Waals surface area contributed by atoms with Crippen LogP contribution in [0.2, 0.25) is 0 Å². The molecule has 2 N–H and O–H groups in total. The van der Waals surface area contributed by atoms with E-state index in [9.17, 15) is 4.79 Å². The van der Waals surface area contributed by atoms with Crippen LogP contribution in [0, 0.1) is 23.7 Å². The smallest absolute Gasteiger partial charge is 0.226 e. The molecule has 3 aliphatic heterocycles. The first-order chi connectivity index (χ1) is 9.28. The summed E-state index contributed by atoms with van der Waals surface area (Å²) in [6.45, 7) is 2.56. The number of hydrogen-bond donors (Lipinski definition) is 1. The molecule has 0 aromatic carbocycles. The Hall–Kier alpha value is -0.610. The first kappa shape index (κ1) is 12.2. The van der Waals surface area contributed by atoms with E-state index < -0.39 is 0 Å². The fraction of sp³-hybridized carbons (Fsp3) is 0.933. The zero-order chi connectivity index (χ0) is 13.0. The molecular weight excluding hydrogens is 240 g/mol. The third-order valence-corrected chi connectivity index (χ3v) is 6.04. The standard InChI is InChI=1S/C15H24N2O2/c16-6-9-2-1-3-10(9)15(18)17-7-11-12(8-17)14-5-4-13(11)19-14/h9-14H,1-8,16H2/t9-,10-,11?,12?,13?,14?/m1/s1. The molecule has 1 amide bonds. The minimum atomic E-state index is 0.211. The number of carbonyl (C=O) groups excluding carboxylic acids is 1. The Labute approximate surface area is 114 Å². The zero-order valence-electron chi connectivity index (χ0n) is 11.5. The number of likely N-dealkylation sites (tertiary alicyclic amines) is 1. The second kappa shape index (κ2) is 4.45. The summed E-state index contributed by atoms with van der Waals surface area (Å²) in [4.78, 5) is 14.9. The van der Waals surface area contributed by atoms with Gasteiger partial charge in [-0.2, -0.15) is 0 Å². The second-order valence-corrected chi connectivity index (χ2v) is 6.89. The van der Waals surface area contributed by atoms with Gasteiger partial charge in [0.15, 0.2) is 0 Å². The van der Waals surface area contributed by atoms with E-state index in [0.29, 0.717) is 42.4 Å². The number of nitrogens with two attached hydrogens (primary N) is 1. The van der Waals surface area contributed by atoms with Crippen LogP contribution in [0.15, 0.2) is 0 Å². The van der Waals surface area contributed by atoms with Gasteiger partial charge in [0.2, 0.25) is 5.91 Å². The summed E-state index contributed by atoms with van der Waals surface area (Å²) in [5.74, 6) is 2.28. The van der Waals surface area contributed by atoms with Gasteiger partial charge in [-0.15, -0.1) is 0 Å². The van der Waals surface area contributed by atoms with E-state index in [1.807, 2.05) is 0 Å². The number of rotatable bonds is 2. The van der Waals surface area contributed by atoms with Crippen molar-refractivity contribution in [1.29, 1.82) is 0 Å². The van der Waals surface area contributed by atoms with Gasteiger partial charge in [0, 0.05) is 30.8 Å². The van der Waals surface area contributed by atoms with Crippen LogP contribution in [0.3, 0.4) is 0 Å². The predicted molar refractivity (Wildman–Crippen MR) is 71.3 cm³/mol. The van der Waals surface area contributed by atoms with E-state index in [2.05, 4.69) is 4.90 Å². The Kier molecular flexibility index (Phi) is 2.85. The number of nitrogens with zero attached hydrogens (tertiary/aromatic N) is 1. The lowest BCUT2D eigenvalue weighted by Crippen LogP contribution is -2.39. The molecule has 1 saturated carbocycles. The normalized spacial score (nSPS) is 47.9. The van der Waals surface area contributed by atoms with Crippen molar-refractivity contribution in [2.75, 3.05) is 19.6 Å². The molecule has 1 aliphatic carbocycles. The molecule has 4 rings (SSSR count). The van der Waals surface area contributed by atoms with Crippen molar-refractivity contribution in [2.24, 2.45) is 29.4 Å². The van der Waals surface area contributed by atoms with Crippen molar-refractivity contribution in [1.82, 2.24) is 4.90 Å². The van der Waals surface area contributed by atoms with Crippen LogP contribution >= 0.6 is 0 Å². The molecule has 0 radical (unpaired) electrons. The summed E-state index contributed by atoms with van der Waals surface area (Å²) in [7, 11) is 0. The Morgan fingerprint density at radius 3 is 2.42 bits per heavy atom. The van der Waals surface area contributed by atoms with Crippen molar-refractivity contribution >= 4 is 5.91 Å². The molecule has 6 atom stereocenters. The van der Waals surface area contributed by atoms with E-state index in [1.165, 1.54) is 19.3 Å². The van der Waals surface area contributed by atoms with Gasteiger partial charge < -0.3 is 15.4 Å². The highest BCUT2D eigenvalue weighted by Crippen LogP contribution is 2.47. The van der Waals surface area contributed by atoms with Crippen LogP contribution in [0.1, 0.15) is 32.1 Å². The summed E-state index contributed by atoms with van der Waals surface area (Å²) in [5.41, 5.74) is 5.82. The van der Waals surface area contributed by atoms with Gasteiger partial charge in [0.1, 0.15) is 0 Å². The lowest BCUT2D eigenvalue weighted by molar-refractivity contribution is -0.136. The number of carbonyl (C=O) groups is 1. The van der Waals surface area contributed by atoms with Gasteiger partial charge in [-0.05, 0) is 38.1 Å². The summed E-state index contributed by atoms with van der Waals surface area (Å²) in [5, 5.41) is 0. The number of ether oxygens (including phenoxy) is 1. The van der Waals surface area contributed by atoms with Crippen molar-refractivity contribution < 1.29 is 9.53 Å². The fourth-order valence-corrected chi connectivity index (χ4v) is 5.02. The molecule has 0 aromatic heterocycles. The van der Waals surface area contributed by atoms with Gasteiger partial charge in [-0.1, -0.05) is 6.42 Å². The number of fused-ring (bicyclic) bond motifs is 5. The molecule has 106 valence electrons. The Balaban J connectivity index is 1.45. The van der Waals surface area contributed by atoms with Gasteiger partial charge >= 0.3 is 0 Å². The lowest BCUT2D eigenvalue weighted by Gasteiger charge is -2.25. The first-order valence-electron chi connectivity index (χ1n) is 7.92. The molecular formula is C15H24N2O2. The first-order valence-corrected chi connectivity index (χ1v) is 7.92. The number of amides is 1. The van der Waals surface area contributed by atoms with Crippen molar-refractivity contribution in [3.05, 3.63) is 0 Å². The monoisotopic (exact) mass is 264 g/mol. The van der Waals surface area contributed by atoms with Gasteiger partial charge in [0.05, 0.1) is 12.2 Å². The van der Waals surface area contributed by atoms with Crippen LogP contribution in [0.5, 0.6) is 0 Å². The Morgan fingerprint density at radius 1 is 1.11 bits per heavy atom. The molecule has 4 aliphatic rings. The van der Waals surface area contributed by atoms with E-state index >= 15 is 0 Å². The molecule has 19 heavy (non-hydrogen) atoms. The van der Waals surface area contributed by atoms with Crippen LogP contribution in [0.25, 0.3) is 0 Å². The van der Waals surface area contributed by atoms with E-state index in [4.69, 9.17) is 10.5 Å². The third-order valence-electron chi connectivity index (χ3n) is 6.04. The van der Waals surface area contributed by atoms with Crippen molar-refractivity contribution in [2.45, 2.75) is 44.3 Å². The van der Waals surface area contributed by atoms with Gasteiger partial charge in [-0.3, -0.25) is 4.79 Å². The maximum absolute atomic E-state index is 12.7. The molecule has 4 fully saturated rings. The van der Waals surface area contributed by atoms with Crippen LogP contribution < -0.4 is 5.73 Å². The fourth-order valence-electron chi connectivity index (χ4n) is 5.02. The highest BCUT2D eigenvalue weighted by atomic mass is 16.5. The topological polar surface area (TPSA) is 55.6 Å².